The highest BCUT2D eigenvalue weighted by molar-refractivity contribution is 8.01. The zero-order valence-electron chi connectivity index (χ0n) is 19.5. The van der Waals surface area contributed by atoms with Crippen molar-refractivity contribution in [1.29, 1.82) is 0 Å². The zero-order chi connectivity index (χ0) is 22.1. The van der Waals surface area contributed by atoms with Crippen LogP contribution in [0.15, 0.2) is 0 Å². The highest BCUT2D eigenvalue weighted by atomic mass is 32.2. The summed E-state index contributed by atoms with van der Waals surface area (Å²) in [6.45, 7) is 20.1. The molecule has 1 unspecified atom stereocenters. The Kier molecular flexibility index (Phi) is 7.47. The summed E-state index contributed by atoms with van der Waals surface area (Å²) < 4.78 is -0.123. The lowest BCUT2D eigenvalue weighted by atomic mass is 9.79. The maximum Gasteiger partial charge on any atom is 0.233 e. The van der Waals surface area contributed by atoms with E-state index in [4.69, 9.17) is 0 Å². The number of hydrogen-bond donors (Lipinski definition) is 1. The van der Waals surface area contributed by atoms with Crippen LogP contribution in [0.2, 0.25) is 0 Å². The number of nitrogens with zero attached hydrogens (tertiary/aromatic N) is 1. The van der Waals surface area contributed by atoms with Crippen molar-refractivity contribution < 1.29 is 14.4 Å². The fourth-order valence-electron chi connectivity index (χ4n) is 3.45. The van der Waals surface area contributed by atoms with Gasteiger partial charge in [0.25, 0.3) is 0 Å². The van der Waals surface area contributed by atoms with Crippen molar-refractivity contribution in [1.82, 2.24) is 10.2 Å². The molecule has 28 heavy (non-hydrogen) atoms. The molecule has 0 aromatic heterocycles. The van der Waals surface area contributed by atoms with Gasteiger partial charge in [0.15, 0.2) is 0 Å². The molecule has 1 heterocycles. The third kappa shape index (κ3) is 7.09. The molecule has 0 aromatic carbocycles. The topological polar surface area (TPSA) is 66.5 Å². The lowest BCUT2D eigenvalue weighted by Crippen LogP contribution is -2.49. The molecule has 6 heteroatoms. The Bertz CT molecular complexity index is 612. The van der Waals surface area contributed by atoms with Gasteiger partial charge in [-0.25, -0.2) is 0 Å². The minimum Gasteiger partial charge on any atom is -0.351 e. The van der Waals surface area contributed by atoms with Gasteiger partial charge in [0, 0.05) is 22.2 Å². The van der Waals surface area contributed by atoms with Gasteiger partial charge in [-0.3, -0.25) is 19.3 Å². The molecular formula is C22H40N2O3S. The number of carbonyl (C=O) groups excluding carboxylic acids is 3. The average molecular weight is 413 g/mol. The molecule has 3 amide bonds. The number of nitrogens with one attached hydrogen (secondary N) is 1. The van der Waals surface area contributed by atoms with Crippen molar-refractivity contribution in [3.8, 4) is 0 Å². The summed E-state index contributed by atoms with van der Waals surface area (Å²) >= 11 is 1.62. The Balaban J connectivity index is 2.70. The van der Waals surface area contributed by atoms with Crippen LogP contribution in [0.4, 0.5) is 0 Å². The summed E-state index contributed by atoms with van der Waals surface area (Å²) in [4.78, 5) is 39.1. The van der Waals surface area contributed by atoms with Gasteiger partial charge in [0.05, 0.1) is 11.7 Å². The zero-order valence-corrected chi connectivity index (χ0v) is 20.3. The van der Waals surface area contributed by atoms with E-state index in [2.05, 4.69) is 19.2 Å². The van der Waals surface area contributed by atoms with E-state index < -0.39 is 5.54 Å². The van der Waals surface area contributed by atoms with Crippen LogP contribution in [0.25, 0.3) is 0 Å². The quantitative estimate of drug-likeness (QED) is 0.630. The lowest BCUT2D eigenvalue weighted by molar-refractivity contribution is -0.146. The summed E-state index contributed by atoms with van der Waals surface area (Å²) in [7, 11) is 0. The van der Waals surface area contributed by atoms with Crippen LogP contribution < -0.4 is 5.32 Å². The Morgan fingerprint density at radius 3 is 1.96 bits per heavy atom. The molecule has 1 fully saturated rings. The van der Waals surface area contributed by atoms with Crippen LogP contribution in [-0.2, 0) is 14.4 Å². The molecule has 1 N–H and O–H groups in total. The first-order valence-electron chi connectivity index (χ1n) is 10.2. The van der Waals surface area contributed by atoms with Gasteiger partial charge in [-0.15, -0.1) is 11.8 Å². The molecule has 1 rings (SSSR count). The van der Waals surface area contributed by atoms with Gasteiger partial charge in [0.1, 0.15) is 0 Å². The predicted octanol–water partition coefficient (Wildman–Crippen LogP) is 4.39. The normalized spacial score (nSPS) is 19.4. The standard InChI is InChI=1S/C22H40N2O3S/c1-19(2,3)15-13-17(26)24(18(15)27)21(7,8)11-12-22(9,10)28-14-16(25)23-20(4,5)6/h15H,11-14H2,1-10H3,(H,23,25). The number of amides is 3. The Labute approximate surface area is 175 Å². The number of thioether (sulfide) groups is 1. The summed E-state index contributed by atoms with van der Waals surface area (Å²) in [5.41, 5.74) is -0.976. The van der Waals surface area contributed by atoms with Gasteiger partial charge in [-0.05, 0) is 52.9 Å². The minimum atomic E-state index is -0.528. The second-order valence-corrected chi connectivity index (χ2v) is 13.0. The van der Waals surface area contributed by atoms with Crippen molar-refractivity contribution in [2.45, 2.75) is 104 Å². The number of likely N-dealkylation sites (tertiary alicyclic amines) is 1. The molecule has 1 atom stereocenters. The van der Waals surface area contributed by atoms with Crippen molar-refractivity contribution in [3.63, 3.8) is 0 Å². The van der Waals surface area contributed by atoms with Gasteiger partial charge in [-0.1, -0.05) is 34.6 Å². The summed E-state index contributed by atoms with van der Waals surface area (Å²) in [6.07, 6.45) is 1.82. The van der Waals surface area contributed by atoms with Gasteiger partial charge < -0.3 is 5.32 Å². The van der Waals surface area contributed by atoms with E-state index in [1.54, 1.807) is 11.8 Å². The first kappa shape index (κ1) is 25.0. The van der Waals surface area contributed by atoms with Crippen LogP contribution in [-0.4, -0.2) is 44.2 Å². The van der Waals surface area contributed by atoms with Gasteiger partial charge >= 0.3 is 0 Å². The maximum absolute atomic E-state index is 12.9. The number of carbonyl (C=O) groups is 3. The van der Waals surface area contributed by atoms with Gasteiger partial charge in [-0.2, -0.15) is 0 Å². The van der Waals surface area contributed by atoms with Crippen LogP contribution in [0, 0.1) is 11.3 Å². The molecule has 1 saturated heterocycles. The fraction of sp³-hybridized carbons (Fsp3) is 0.864. The van der Waals surface area contributed by atoms with Crippen molar-refractivity contribution in [3.05, 3.63) is 0 Å². The van der Waals surface area contributed by atoms with E-state index in [1.165, 1.54) is 4.90 Å². The molecule has 0 radical (unpaired) electrons. The van der Waals surface area contributed by atoms with Crippen LogP contribution in [0.1, 0.15) is 88.5 Å². The van der Waals surface area contributed by atoms with E-state index >= 15 is 0 Å². The molecule has 1 aliphatic rings. The van der Waals surface area contributed by atoms with Crippen LogP contribution >= 0.6 is 11.8 Å². The molecule has 0 saturated carbocycles. The predicted molar refractivity (Wildman–Crippen MR) is 117 cm³/mol. The highest BCUT2D eigenvalue weighted by Gasteiger charge is 2.49. The molecular weight excluding hydrogens is 372 g/mol. The Morgan fingerprint density at radius 2 is 1.54 bits per heavy atom. The number of hydrogen-bond acceptors (Lipinski definition) is 4. The molecule has 0 aliphatic carbocycles. The first-order valence-corrected chi connectivity index (χ1v) is 11.2. The van der Waals surface area contributed by atoms with E-state index in [0.29, 0.717) is 18.6 Å². The molecule has 162 valence electrons. The smallest absolute Gasteiger partial charge is 0.233 e. The summed E-state index contributed by atoms with van der Waals surface area (Å²) in [5, 5.41) is 2.98. The van der Waals surface area contributed by atoms with Crippen molar-refractivity contribution in [2.24, 2.45) is 11.3 Å². The molecule has 1 aliphatic heterocycles. The first-order chi connectivity index (χ1) is 12.4. The van der Waals surface area contributed by atoms with E-state index in [1.807, 2.05) is 55.4 Å². The molecule has 0 spiro atoms. The lowest BCUT2D eigenvalue weighted by Gasteiger charge is -2.37. The van der Waals surface area contributed by atoms with Crippen LogP contribution in [0.5, 0.6) is 0 Å². The fourth-order valence-corrected chi connectivity index (χ4v) is 4.29. The second kappa shape index (κ2) is 8.37. The highest BCUT2D eigenvalue weighted by Crippen LogP contribution is 2.40. The molecule has 0 aromatic rings. The van der Waals surface area contributed by atoms with E-state index in [-0.39, 0.29) is 39.3 Å². The summed E-state index contributed by atoms with van der Waals surface area (Å²) in [6, 6.07) is 0. The minimum absolute atomic E-state index is 0.0303. The third-order valence-electron chi connectivity index (χ3n) is 5.24. The monoisotopic (exact) mass is 412 g/mol. The SMILES string of the molecule is CC(C)(C)NC(=O)CSC(C)(C)CCC(C)(C)N1C(=O)CC(C(C)(C)C)C1=O. The molecule has 0 bridgehead atoms. The Hall–Kier alpha value is -1.04. The molecule has 5 nitrogen and oxygen atoms in total. The van der Waals surface area contributed by atoms with Crippen molar-refractivity contribution >= 4 is 29.5 Å². The number of rotatable bonds is 7. The summed E-state index contributed by atoms with van der Waals surface area (Å²) in [5.74, 6) is 0.0752. The Morgan fingerprint density at radius 1 is 1.00 bits per heavy atom. The second-order valence-electron chi connectivity index (χ2n) is 11.3. The van der Waals surface area contributed by atoms with E-state index in [0.717, 1.165) is 6.42 Å². The third-order valence-corrected chi connectivity index (χ3v) is 6.64. The van der Waals surface area contributed by atoms with Gasteiger partial charge in [0.2, 0.25) is 17.7 Å². The maximum atomic E-state index is 12.9. The van der Waals surface area contributed by atoms with E-state index in [9.17, 15) is 14.4 Å². The largest absolute Gasteiger partial charge is 0.351 e. The van der Waals surface area contributed by atoms with Crippen molar-refractivity contribution in [2.75, 3.05) is 5.75 Å². The van der Waals surface area contributed by atoms with Crippen LogP contribution in [0.3, 0.4) is 0 Å². The number of imide groups is 1. The average Bonchev–Trinajstić information content (AvgIpc) is 2.77.